The zero-order valence-corrected chi connectivity index (χ0v) is 18.2. The predicted octanol–water partition coefficient (Wildman–Crippen LogP) is 4.25. The quantitative estimate of drug-likeness (QED) is 0.302. The van der Waals surface area contributed by atoms with Crippen LogP contribution in [-0.2, 0) is 0 Å². The number of fused-ring (bicyclic) bond motifs is 3. The first-order chi connectivity index (χ1) is 15.4. The lowest BCUT2D eigenvalue weighted by Gasteiger charge is -2.05. The third-order valence-electron chi connectivity index (χ3n) is 5.42. The molecule has 2 aromatic carbocycles. The minimum atomic E-state index is -0.483. The number of hydrogen-bond acceptors (Lipinski definition) is 7. The Labute approximate surface area is 185 Å². The van der Waals surface area contributed by atoms with Gasteiger partial charge in [-0.05, 0) is 55.3 Å². The van der Waals surface area contributed by atoms with E-state index in [4.69, 9.17) is 9.15 Å². The van der Waals surface area contributed by atoms with Crippen LogP contribution < -0.4 is 14.8 Å². The molecule has 0 aliphatic rings. The molecule has 0 aliphatic heterocycles. The molecule has 0 unspecified atom stereocenters. The van der Waals surface area contributed by atoms with Gasteiger partial charge < -0.3 is 9.15 Å². The summed E-state index contributed by atoms with van der Waals surface area (Å²) >= 11 is 1.30. The van der Waals surface area contributed by atoms with Crippen molar-refractivity contribution < 1.29 is 14.1 Å². The third kappa shape index (κ3) is 3.14. The zero-order chi connectivity index (χ0) is 22.6. The molecule has 0 spiro atoms. The normalized spacial score (nSPS) is 12.2. The summed E-state index contributed by atoms with van der Waals surface area (Å²) in [6.45, 7) is 4.03. The number of nitro groups is 1. The van der Waals surface area contributed by atoms with Crippen LogP contribution in [0.3, 0.4) is 0 Å². The molecule has 32 heavy (non-hydrogen) atoms. The fourth-order valence-electron chi connectivity index (χ4n) is 3.62. The van der Waals surface area contributed by atoms with Gasteiger partial charge in [0, 0.05) is 12.1 Å². The molecule has 0 saturated carbocycles. The first kappa shape index (κ1) is 20.0. The van der Waals surface area contributed by atoms with Gasteiger partial charge in [-0.25, -0.2) is 9.38 Å². The lowest BCUT2D eigenvalue weighted by atomic mass is 10.1. The van der Waals surface area contributed by atoms with Crippen molar-refractivity contribution in [2.24, 2.45) is 0 Å². The molecule has 0 bridgehead atoms. The van der Waals surface area contributed by atoms with Crippen LogP contribution in [0.5, 0.6) is 5.75 Å². The number of methoxy groups -OCH3 is 1. The van der Waals surface area contributed by atoms with Crippen molar-refractivity contribution in [2.75, 3.05) is 7.11 Å². The summed E-state index contributed by atoms with van der Waals surface area (Å²) in [4.78, 5) is 28.8. The number of nitrogens with zero attached hydrogens (tertiary/aromatic N) is 3. The standard InChI is InChI=1S/C23H17N3O5S/c1-12-8-17-18(9-13(12)2)25-22(27)21(32-23(25)24-17)11-15-5-7-19(31-15)16-6-4-14(26(28)29)10-20(16)30-3/h4-11H,1-3H3/b21-11-. The van der Waals surface area contributed by atoms with Gasteiger partial charge >= 0.3 is 0 Å². The first-order valence-corrected chi connectivity index (χ1v) is 10.5. The van der Waals surface area contributed by atoms with Crippen LogP contribution in [0, 0.1) is 24.0 Å². The highest BCUT2D eigenvalue weighted by Gasteiger charge is 2.16. The van der Waals surface area contributed by atoms with Crippen LogP contribution in [0.1, 0.15) is 16.9 Å². The van der Waals surface area contributed by atoms with Gasteiger partial charge in [-0.1, -0.05) is 11.3 Å². The Morgan fingerprint density at radius 2 is 1.94 bits per heavy atom. The van der Waals surface area contributed by atoms with Crippen LogP contribution in [0.15, 0.2) is 51.7 Å². The molecule has 3 heterocycles. The Balaban J connectivity index is 1.59. The number of hydrogen-bond donors (Lipinski definition) is 0. The number of benzene rings is 2. The van der Waals surface area contributed by atoms with Crippen molar-refractivity contribution in [3.8, 4) is 17.1 Å². The summed E-state index contributed by atoms with van der Waals surface area (Å²) in [6, 6.07) is 11.8. The van der Waals surface area contributed by atoms with Crippen LogP contribution in [0.25, 0.3) is 33.4 Å². The van der Waals surface area contributed by atoms with Gasteiger partial charge in [0.05, 0.1) is 34.7 Å². The van der Waals surface area contributed by atoms with E-state index in [-0.39, 0.29) is 11.2 Å². The van der Waals surface area contributed by atoms with Gasteiger partial charge in [-0.2, -0.15) is 0 Å². The molecule has 0 radical (unpaired) electrons. The minimum absolute atomic E-state index is 0.0699. The second-order valence-corrected chi connectivity index (χ2v) is 8.42. The Morgan fingerprint density at radius 3 is 2.69 bits per heavy atom. The van der Waals surface area contributed by atoms with Crippen molar-refractivity contribution in [2.45, 2.75) is 13.8 Å². The predicted molar refractivity (Wildman–Crippen MR) is 122 cm³/mol. The zero-order valence-electron chi connectivity index (χ0n) is 17.4. The number of ether oxygens (including phenoxy) is 1. The highest BCUT2D eigenvalue weighted by Crippen LogP contribution is 2.34. The molecule has 3 aromatic heterocycles. The molecule has 0 amide bonds. The Kier molecular flexibility index (Phi) is 4.56. The maximum Gasteiger partial charge on any atom is 0.275 e. The molecule has 5 aromatic rings. The smallest absolute Gasteiger partial charge is 0.275 e. The lowest BCUT2D eigenvalue weighted by molar-refractivity contribution is -0.384. The summed E-state index contributed by atoms with van der Waals surface area (Å²) in [5.74, 6) is 1.29. The molecule has 0 saturated heterocycles. The van der Waals surface area contributed by atoms with E-state index in [0.29, 0.717) is 32.3 Å². The number of thiazole rings is 1. The van der Waals surface area contributed by atoms with E-state index >= 15 is 0 Å². The summed E-state index contributed by atoms with van der Waals surface area (Å²) in [7, 11) is 1.44. The topological polar surface area (TPSA) is 99.9 Å². The number of aryl methyl sites for hydroxylation is 2. The summed E-state index contributed by atoms with van der Waals surface area (Å²) in [5, 5.41) is 11.0. The average Bonchev–Trinajstić information content (AvgIpc) is 3.44. The molecule has 5 rings (SSSR count). The Bertz CT molecular complexity index is 1640. The second-order valence-electron chi connectivity index (χ2n) is 7.41. The number of aromatic nitrogens is 2. The molecule has 0 atom stereocenters. The van der Waals surface area contributed by atoms with Crippen LogP contribution in [0.4, 0.5) is 5.69 Å². The molecule has 0 fully saturated rings. The van der Waals surface area contributed by atoms with E-state index in [0.717, 1.165) is 22.2 Å². The van der Waals surface area contributed by atoms with Crippen molar-refractivity contribution in [3.05, 3.63) is 84.4 Å². The van der Waals surface area contributed by atoms with E-state index in [2.05, 4.69) is 4.98 Å². The molecular formula is C23H17N3O5S. The average molecular weight is 447 g/mol. The van der Waals surface area contributed by atoms with E-state index in [1.165, 1.54) is 30.6 Å². The fraction of sp³-hybridized carbons (Fsp3) is 0.130. The number of rotatable bonds is 4. The van der Waals surface area contributed by atoms with Crippen LogP contribution in [-0.4, -0.2) is 21.4 Å². The molecule has 9 heteroatoms. The van der Waals surface area contributed by atoms with Crippen molar-refractivity contribution in [1.82, 2.24) is 9.38 Å². The van der Waals surface area contributed by atoms with Crippen LogP contribution in [0.2, 0.25) is 0 Å². The van der Waals surface area contributed by atoms with Gasteiger partial charge in [-0.15, -0.1) is 0 Å². The number of non-ortho nitro benzene ring substituents is 1. The Morgan fingerprint density at radius 1 is 1.16 bits per heavy atom. The minimum Gasteiger partial charge on any atom is -0.496 e. The monoisotopic (exact) mass is 447 g/mol. The SMILES string of the molecule is COc1cc([N+](=O)[O-])ccc1-c1ccc(/C=c2\sc3nc4cc(C)c(C)cc4n3c2=O)o1. The molecule has 0 aliphatic carbocycles. The van der Waals surface area contributed by atoms with Crippen molar-refractivity contribution in [3.63, 3.8) is 0 Å². The molecular weight excluding hydrogens is 430 g/mol. The second kappa shape index (κ2) is 7.31. The van der Waals surface area contributed by atoms with Crippen LogP contribution >= 0.6 is 11.3 Å². The number of nitro benzene ring substituents is 1. The van der Waals surface area contributed by atoms with E-state index in [1.807, 2.05) is 26.0 Å². The third-order valence-corrected chi connectivity index (χ3v) is 6.38. The lowest BCUT2D eigenvalue weighted by Crippen LogP contribution is -2.22. The highest BCUT2D eigenvalue weighted by molar-refractivity contribution is 7.15. The van der Waals surface area contributed by atoms with E-state index in [1.54, 1.807) is 28.7 Å². The maximum atomic E-state index is 13.1. The van der Waals surface area contributed by atoms with Gasteiger partial charge in [-0.3, -0.25) is 14.9 Å². The van der Waals surface area contributed by atoms with Gasteiger partial charge in [0.15, 0.2) is 4.96 Å². The number of imidazole rings is 1. The van der Waals surface area contributed by atoms with Gasteiger partial charge in [0.25, 0.3) is 11.2 Å². The summed E-state index contributed by atoms with van der Waals surface area (Å²) < 4.78 is 13.3. The summed E-state index contributed by atoms with van der Waals surface area (Å²) in [6.07, 6.45) is 1.68. The van der Waals surface area contributed by atoms with E-state index < -0.39 is 4.92 Å². The highest BCUT2D eigenvalue weighted by atomic mass is 32.1. The molecule has 8 nitrogen and oxygen atoms in total. The summed E-state index contributed by atoms with van der Waals surface area (Å²) in [5.41, 5.74) is 4.18. The molecule has 0 N–H and O–H groups in total. The largest absolute Gasteiger partial charge is 0.496 e. The Hall–Kier alpha value is -3.98. The van der Waals surface area contributed by atoms with Crippen molar-refractivity contribution in [1.29, 1.82) is 0 Å². The fourth-order valence-corrected chi connectivity index (χ4v) is 4.59. The molecule has 160 valence electrons. The first-order valence-electron chi connectivity index (χ1n) is 9.72. The van der Waals surface area contributed by atoms with Gasteiger partial charge in [0.1, 0.15) is 21.8 Å². The maximum absolute atomic E-state index is 13.1. The number of furan rings is 1. The van der Waals surface area contributed by atoms with E-state index in [9.17, 15) is 14.9 Å². The van der Waals surface area contributed by atoms with Gasteiger partial charge in [0.2, 0.25) is 0 Å². The van der Waals surface area contributed by atoms with Crippen molar-refractivity contribution >= 4 is 39.1 Å².